The first-order chi connectivity index (χ1) is 13.0. The van der Waals surface area contributed by atoms with Crippen molar-refractivity contribution in [3.8, 4) is 5.75 Å². The highest BCUT2D eigenvalue weighted by Crippen LogP contribution is 2.21. The molecular weight excluding hydrogens is 370 g/mol. The molecule has 0 aliphatic rings. The van der Waals surface area contributed by atoms with Gasteiger partial charge < -0.3 is 10.1 Å². The van der Waals surface area contributed by atoms with Crippen LogP contribution in [-0.4, -0.2) is 28.3 Å². The normalized spacial score (nSPS) is 10.3. The molecule has 3 aromatic rings. The fourth-order valence-corrected chi connectivity index (χ4v) is 3.02. The predicted octanol–water partition coefficient (Wildman–Crippen LogP) is 3.69. The number of nitro groups is 1. The fourth-order valence-electron chi connectivity index (χ4n) is 2.25. The van der Waals surface area contributed by atoms with Gasteiger partial charge in [-0.05, 0) is 17.7 Å². The van der Waals surface area contributed by atoms with Crippen molar-refractivity contribution in [1.82, 2.24) is 10.2 Å². The lowest BCUT2D eigenvalue weighted by Crippen LogP contribution is -2.19. The molecule has 1 aromatic heterocycles. The van der Waals surface area contributed by atoms with Gasteiger partial charge >= 0.3 is 6.03 Å². The Morgan fingerprint density at radius 3 is 2.67 bits per heavy atom. The average molecular weight is 385 g/mol. The number of ether oxygens (including phenoxy) is 1. The Labute approximate surface area is 158 Å². The van der Waals surface area contributed by atoms with E-state index in [0.717, 1.165) is 5.56 Å². The summed E-state index contributed by atoms with van der Waals surface area (Å²) in [4.78, 5) is 22.3. The number of nitro benzene ring substituents is 1. The number of rotatable bonds is 6. The Morgan fingerprint density at radius 1 is 1.19 bits per heavy atom. The predicted molar refractivity (Wildman–Crippen MR) is 101 cm³/mol. The number of hydrogen-bond donors (Lipinski definition) is 2. The number of amides is 2. The fraction of sp³-hybridized carbons (Fsp3) is 0.118. The Kier molecular flexibility index (Phi) is 5.57. The molecule has 27 heavy (non-hydrogen) atoms. The largest absolute Gasteiger partial charge is 0.497 e. The van der Waals surface area contributed by atoms with Crippen LogP contribution >= 0.6 is 11.3 Å². The van der Waals surface area contributed by atoms with Crippen LogP contribution in [0.4, 0.5) is 21.3 Å². The van der Waals surface area contributed by atoms with E-state index in [-0.39, 0.29) is 5.69 Å². The van der Waals surface area contributed by atoms with E-state index in [9.17, 15) is 14.9 Å². The molecule has 2 aromatic carbocycles. The second kappa shape index (κ2) is 8.23. The van der Waals surface area contributed by atoms with E-state index in [2.05, 4.69) is 20.8 Å². The molecule has 9 nitrogen and oxygen atoms in total. The number of urea groups is 1. The zero-order valence-electron chi connectivity index (χ0n) is 14.2. The molecule has 0 radical (unpaired) electrons. The number of non-ortho nitro benzene ring substituents is 1. The molecule has 138 valence electrons. The van der Waals surface area contributed by atoms with Crippen LogP contribution in [0, 0.1) is 10.1 Å². The topological polar surface area (TPSA) is 119 Å². The van der Waals surface area contributed by atoms with Gasteiger partial charge in [-0.25, -0.2) is 4.79 Å². The summed E-state index contributed by atoms with van der Waals surface area (Å²) in [5, 5.41) is 25.0. The van der Waals surface area contributed by atoms with Gasteiger partial charge in [0.2, 0.25) is 5.13 Å². The molecule has 0 saturated carbocycles. The summed E-state index contributed by atoms with van der Waals surface area (Å²) in [6, 6.07) is 12.8. The SMILES string of the molecule is COc1cccc(NC(=O)Nc2nnc(Cc3ccc([N+](=O)[O-])cc3)s2)c1. The van der Waals surface area contributed by atoms with Crippen LogP contribution in [-0.2, 0) is 6.42 Å². The van der Waals surface area contributed by atoms with Crippen molar-refractivity contribution in [3.05, 3.63) is 69.2 Å². The van der Waals surface area contributed by atoms with Crippen LogP contribution in [0.25, 0.3) is 0 Å². The van der Waals surface area contributed by atoms with E-state index in [1.165, 1.54) is 23.5 Å². The van der Waals surface area contributed by atoms with Crippen LogP contribution in [0.5, 0.6) is 5.75 Å². The summed E-state index contributed by atoms with van der Waals surface area (Å²) in [6.45, 7) is 0. The first-order valence-electron chi connectivity index (χ1n) is 7.81. The van der Waals surface area contributed by atoms with Crippen LogP contribution in [0.2, 0.25) is 0 Å². The average Bonchev–Trinajstić information content (AvgIpc) is 3.08. The minimum Gasteiger partial charge on any atom is -0.497 e. The third-order valence-electron chi connectivity index (χ3n) is 3.52. The van der Waals surface area contributed by atoms with E-state index < -0.39 is 11.0 Å². The molecule has 0 aliphatic heterocycles. The summed E-state index contributed by atoms with van der Waals surface area (Å²) < 4.78 is 5.11. The van der Waals surface area contributed by atoms with Crippen molar-refractivity contribution in [3.63, 3.8) is 0 Å². The molecule has 2 N–H and O–H groups in total. The summed E-state index contributed by atoms with van der Waals surface area (Å²) in [7, 11) is 1.55. The zero-order chi connectivity index (χ0) is 19.2. The quantitative estimate of drug-likeness (QED) is 0.493. The Balaban J connectivity index is 1.58. The first kappa shape index (κ1) is 18.3. The molecule has 0 fully saturated rings. The van der Waals surface area contributed by atoms with Gasteiger partial charge in [-0.1, -0.05) is 29.5 Å². The molecule has 0 bridgehead atoms. The Bertz CT molecular complexity index is 958. The minimum atomic E-state index is -0.447. The highest BCUT2D eigenvalue weighted by atomic mass is 32.1. The lowest BCUT2D eigenvalue weighted by atomic mass is 10.1. The standard InChI is InChI=1S/C17H15N5O4S/c1-26-14-4-2-3-12(10-14)18-16(23)19-17-21-20-15(27-17)9-11-5-7-13(8-6-11)22(24)25/h2-8,10H,9H2,1H3,(H2,18,19,21,23). The Hall–Kier alpha value is -3.53. The number of aromatic nitrogens is 2. The summed E-state index contributed by atoms with van der Waals surface area (Å²) >= 11 is 1.23. The van der Waals surface area contributed by atoms with Gasteiger partial charge in [0.1, 0.15) is 10.8 Å². The number of benzene rings is 2. The zero-order valence-corrected chi connectivity index (χ0v) is 15.0. The molecule has 2 amide bonds. The van der Waals surface area contributed by atoms with E-state index >= 15 is 0 Å². The van der Waals surface area contributed by atoms with E-state index in [1.807, 2.05) is 0 Å². The molecule has 10 heteroatoms. The molecular formula is C17H15N5O4S. The first-order valence-corrected chi connectivity index (χ1v) is 8.63. The van der Waals surface area contributed by atoms with E-state index in [1.54, 1.807) is 43.5 Å². The van der Waals surface area contributed by atoms with Crippen molar-refractivity contribution >= 4 is 33.9 Å². The molecule has 3 rings (SSSR count). The molecule has 0 spiro atoms. The van der Waals surface area contributed by atoms with Gasteiger partial charge in [-0.3, -0.25) is 15.4 Å². The molecule has 1 heterocycles. The van der Waals surface area contributed by atoms with Crippen molar-refractivity contribution in [2.24, 2.45) is 0 Å². The maximum atomic E-state index is 12.1. The van der Waals surface area contributed by atoms with Crippen LogP contribution < -0.4 is 15.4 Å². The molecule has 0 atom stereocenters. The van der Waals surface area contributed by atoms with Gasteiger partial charge in [0, 0.05) is 30.3 Å². The number of methoxy groups -OCH3 is 1. The highest BCUT2D eigenvalue weighted by molar-refractivity contribution is 7.15. The number of nitrogens with zero attached hydrogens (tertiary/aromatic N) is 3. The minimum absolute atomic E-state index is 0.0348. The summed E-state index contributed by atoms with van der Waals surface area (Å²) in [5.74, 6) is 0.633. The van der Waals surface area contributed by atoms with Gasteiger partial charge in [0.25, 0.3) is 5.69 Å². The number of carbonyl (C=O) groups is 1. The monoisotopic (exact) mass is 385 g/mol. The van der Waals surface area contributed by atoms with Crippen molar-refractivity contribution in [2.75, 3.05) is 17.7 Å². The van der Waals surface area contributed by atoms with Crippen LogP contribution in [0.15, 0.2) is 48.5 Å². The number of hydrogen-bond acceptors (Lipinski definition) is 7. The lowest BCUT2D eigenvalue weighted by Gasteiger charge is -2.06. The number of anilines is 2. The Morgan fingerprint density at radius 2 is 1.96 bits per heavy atom. The number of nitrogens with one attached hydrogen (secondary N) is 2. The maximum absolute atomic E-state index is 12.1. The maximum Gasteiger partial charge on any atom is 0.325 e. The smallest absolute Gasteiger partial charge is 0.325 e. The number of carbonyl (C=O) groups excluding carboxylic acids is 1. The third kappa shape index (κ3) is 4.98. The van der Waals surface area contributed by atoms with E-state index in [0.29, 0.717) is 28.0 Å². The van der Waals surface area contributed by atoms with E-state index in [4.69, 9.17) is 4.74 Å². The second-order valence-electron chi connectivity index (χ2n) is 5.41. The van der Waals surface area contributed by atoms with Crippen LogP contribution in [0.3, 0.4) is 0 Å². The van der Waals surface area contributed by atoms with Crippen molar-refractivity contribution in [2.45, 2.75) is 6.42 Å². The molecule has 0 aliphatic carbocycles. The highest BCUT2D eigenvalue weighted by Gasteiger charge is 2.10. The van der Waals surface area contributed by atoms with Crippen molar-refractivity contribution < 1.29 is 14.5 Å². The molecule has 0 unspecified atom stereocenters. The lowest BCUT2D eigenvalue weighted by molar-refractivity contribution is -0.384. The van der Waals surface area contributed by atoms with Crippen LogP contribution in [0.1, 0.15) is 10.6 Å². The van der Waals surface area contributed by atoms with Gasteiger partial charge in [0.05, 0.1) is 12.0 Å². The van der Waals surface area contributed by atoms with Gasteiger partial charge in [-0.2, -0.15) is 0 Å². The third-order valence-corrected chi connectivity index (χ3v) is 4.36. The van der Waals surface area contributed by atoms with Gasteiger partial charge in [-0.15, -0.1) is 10.2 Å². The summed E-state index contributed by atoms with van der Waals surface area (Å²) in [5.41, 5.74) is 1.49. The second-order valence-corrected chi connectivity index (χ2v) is 6.47. The van der Waals surface area contributed by atoms with Gasteiger partial charge in [0.15, 0.2) is 0 Å². The van der Waals surface area contributed by atoms with Crippen molar-refractivity contribution in [1.29, 1.82) is 0 Å². The summed E-state index contributed by atoms with van der Waals surface area (Å²) in [6.07, 6.45) is 0.467. The molecule has 0 saturated heterocycles.